The van der Waals surface area contributed by atoms with Crippen LogP contribution in [0.3, 0.4) is 0 Å². The zero-order chi connectivity index (χ0) is 22.9. The highest BCUT2D eigenvalue weighted by Crippen LogP contribution is 2.34. The first-order valence-electron chi connectivity index (χ1n) is 11.3. The third-order valence-corrected chi connectivity index (χ3v) is 5.92. The molecule has 6 nitrogen and oxygen atoms in total. The van der Waals surface area contributed by atoms with E-state index in [0.29, 0.717) is 23.9 Å². The second-order valence-electron chi connectivity index (χ2n) is 8.53. The van der Waals surface area contributed by atoms with E-state index in [9.17, 15) is 4.79 Å². The number of carbonyl (C=O) groups excluding carboxylic acids is 1. The number of methoxy groups -OCH3 is 1. The third-order valence-electron chi connectivity index (χ3n) is 5.92. The molecule has 0 spiro atoms. The minimum atomic E-state index is -0.157. The number of hydrogen-bond acceptors (Lipinski definition) is 6. The molecule has 0 radical (unpaired) electrons. The van der Waals surface area contributed by atoms with Gasteiger partial charge < -0.3 is 19.7 Å². The monoisotopic (exact) mass is 435 g/mol. The molecule has 1 atom stereocenters. The normalized spacial score (nSPS) is 16.0. The van der Waals surface area contributed by atoms with Crippen molar-refractivity contribution in [2.24, 2.45) is 5.92 Å². The minimum Gasteiger partial charge on any atom is -0.469 e. The molecule has 1 saturated heterocycles. The summed E-state index contributed by atoms with van der Waals surface area (Å²) in [5.41, 5.74) is 5.03. The van der Waals surface area contributed by atoms with Gasteiger partial charge in [0, 0.05) is 18.7 Å². The van der Waals surface area contributed by atoms with Gasteiger partial charge in [-0.2, -0.15) is 5.26 Å². The van der Waals surface area contributed by atoms with Gasteiger partial charge in [-0.1, -0.05) is 19.9 Å². The molecule has 1 N–H and O–H groups in total. The number of morpholine rings is 1. The molecular formula is C26H33N3O3. The van der Waals surface area contributed by atoms with E-state index in [0.717, 1.165) is 56.1 Å². The van der Waals surface area contributed by atoms with E-state index < -0.39 is 0 Å². The predicted molar refractivity (Wildman–Crippen MR) is 127 cm³/mol. The summed E-state index contributed by atoms with van der Waals surface area (Å²) >= 11 is 0. The number of ether oxygens (including phenoxy) is 2. The summed E-state index contributed by atoms with van der Waals surface area (Å²) in [4.78, 5) is 13.8. The van der Waals surface area contributed by atoms with Crippen LogP contribution in [0.25, 0.3) is 0 Å². The first-order valence-corrected chi connectivity index (χ1v) is 11.3. The van der Waals surface area contributed by atoms with Gasteiger partial charge in [-0.15, -0.1) is 0 Å². The van der Waals surface area contributed by atoms with E-state index in [1.165, 1.54) is 12.7 Å². The molecule has 2 aromatic rings. The fraction of sp³-hybridized carbons (Fsp3) is 0.462. The van der Waals surface area contributed by atoms with Gasteiger partial charge in [0.15, 0.2) is 0 Å². The van der Waals surface area contributed by atoms with Gasteiger partial charge in [0.05, 0.1) is 49.4 Å². The van der Waals surface area contributed by atoms with Gasteiger partial charge in [-0.05, 0) is 67.1 Å². The average Bonchev–Trinajstić information content (AvgIpc) is 2.82. The maximum Gasteiger partial charge on any atom is 0.305 e. The van der Waals surface area contributed by atoms with Gasteiger partial charge in [0.25, 0.3) is 0 Å². The molecule has 0 bridgehead atoms. The Labute approximate surface area is 191 Å². The number of carbonyl (C=O) groups is 1. The lowest BCUT2D eigenvalue weighted by Crippen LogP contribution is -2.48. The number of aryl methyl sites for hydroxylation is 1. The van der Waals surface area contributed by atoms with E-state index in [1.54, 1.807) is 0 Å². The SMILES string of the molecule is COC(=O)CCCCc1ccc(N2CCOC[C@H]2C(C)C)c(Nc2ccc(C#N)cc2)c1. The number of hydrogen-bond donors (Lipinski definition) is 1. The third kappa shape index (κ3) is 6.24. The highest BCUT2D eigenvalue weighted by Gasteiger charge is 2.27. The molecule has 0 unspecified atom stereocenters. The summed E-state index contributed by atoms with van der Waals surface area (Å²) in [7, 11) is 1.43. The smallest absolute Gasteiger partial charge is 0.305 e. The van der Waals surface area contributed by atoms with Crippen molar-refractivity contribution in [3.05, 3.63) is 53.6 Å². The van der Waals surface area contributed by atoms with Gasteiger partial charge in [-0.25, -0.2) is 0 Å². The average molecular weight is 436 g/mol. The summed E-state index contributed by atoms with van der Waals surface area (Å²) in [6.45, 7) is 6.76. The van der Waals surface area contributed by atoms with Crippen molar-refractivity contribution in [3.8, 4) is 6.07 Å². The number of nitriles is 1. The lowest BCUT2D eigenvalue weighted by Gasteiger charge is -2.40. The maximum atomic E-state index is 11.4. The number of anilines is 3. The summed E-state index contributed by atoms with van der Waals surface area (Å²) in [5.74, 6) is 0.312. The second-order valence-corrected chi connectivity index (χ2v) is 8.53. The number of nitrogens with one attached hydrogen (secondary N) is 1. The molecule has 1 aliphatic rings. The Hall–Kier alpha value is -3.04. The van der Waals surface area contributed by atoms with Gasteiger partial charge in [0.2, 0.25) is 0 Å². The van der Waals surface area contributed by atoms with Gasteiger partial charge in [0.1, 0.15) is 0 Å². The van der Waals surface area contributed by atoms with Crippen LogP contribution in [0, 0.1) is 17.2 Å². The number of esters is 1. The number of nitrogens with zero attached hydrogens (tertiary/aromatic N) is 2. The van der Waals surface area contributed by atoms with Crippen molar-refractivity contribution >= 4 is 23.0 Å². The topological polar surface area (TPSA) is 74.6 Å². The van der Waals surface area contributed by atoms with Crippen molar-refractivity contribution < 1.29 is 14.3 Å². The van der Waals surface area contributed by atoms with Crippen molar-refractivity contribution in [2.45, 2.75) is 45.6 Å². The zero-order valence-corrected chi connectivity index (χ0v) is 19.3. The molecule has 1 aliphatic heterocycles. The zero-order valence-electron chi connectivity index (χ0n) is 19.3. The van der Waals surface area contributed by atoms with Crippen LogP contribution in [0.1, 0.15) is 44.2 Å². The molecule has 1 fully saturated rings. The molecule has 0 aromatic heterocycles. The Balaban J connectivity index is 1.84. The molecule has 6 heteroatoms. The Kier molecular flexibility index (Phi) is 8.52. The largest absolute Gasteiger partial charge is 0.469 e. The predicted octanol–water partition coefficient (Wildman–Crippen LogP) is 5.05. The summed E-state index contributed by atoms with van der Waals surface area (Å²) in [5, 5.41) is 12.7. The maximum absolute atomic E-state index is 11.4. The van der Waals surface area contributed by atoms with Crippen LogP contribution in [0.2, 0.25) is 0 Å². The van der Waals surface area contributed by atoms with E-state index in [2.05, 4.69) is 48.3 Å². The Bertz CT molecular complexity index is 934. The Morgan fingerprint density at radius 3 is 2.72 bits per heavy atom. The molecular weight excluding hydrogens is 402 g/mol. The van der Waals surface area contributed by atoms with Crippen LogP contribution in [0.5, 0.6) is 0 Å². The Morgan fingerprint density at radius 2 is 2.03 bits per heavy atom. The molecule has 3 rings (SSSR count). The van der Waals surface area contributed by atoms with Crippen LogP contribution in [0.4, 0.5) is 17.1 Å². The first kappa shape index (κ1) is 23.6. The molecule has 0 aliphatic carbocycles. The molecule has 170 valence electrons. The first-order chi connectivity index (χ1) is 15.5. The van der Waals surface area contributed by atoms with Crippen molar-refractivity contribution in [2.75, 3.05) is 37.1 Å². The number of rotatable bonds is 9. The Morgan fingerprint density at radius 1 is 1.25 bits per heavy atom. The van der Waals surface area contributed by atoms with Gasteiger partial charge >= 0.3 is 5.97 Å². The van der Waals surface area contributed by atoms with Crippen LogP contribution >= 0.6 is 0 Å². The fourth-order valence-corrected chi connectivity index (χ4v) is 4.05. The van der Waals surface area contributed by atoms with Crippen LogP contribution in [-0.4, -0.2) is 38.9 Å². The fourth-order valence-electron chi connectivity index (χ4n) is 4.05. The van der Waals surface area contributed by atoms with Crippen molar-refractivity contribution in [3.63, 3.8) is 0 Å². The standard InChI is InChI=1S/C26H33N3O3/c1-19(2)25-18-32-15-14-29(25)24-13-10-20(6-4-5-7-26(30)31-3)16-23(24)28-22-11-8-21(17-27)9-12-22/h8-13,16,19,25,28H,4-7,14-15,18H2,1-3H3/t25-/m0/s1. The lowest BCUT2D eigenvalue weighted by atomic mass is 9.99. The van der Waals surface area contributed by atoms with E-state index in [4.69, 9.17) is 14.7 Å². The summed E-state index contributed by atoms with van der Waals surface area (Å²) in [6.07, 6.45) is 3.09. The van der Waals surface area contributed by atoms with Crippen molar-refractivity contribution in [1.82, 2.24) is 0 Å². The molecule has 0 saturated carbocycles. The van der Waals surface area contributed by atoms with Crippen LogP contribution < -0.4 is 10.2 Å². The van der Waals surface area contributed by atoms with E-state index >= 15 is 0 Å². The van der Waals surface area contributed by atoms with Crippen LogP contribution in [0.15, 0.2) is 42.5 Å². The van der Waals surface area contributed by atoms with E-state index in [1.807, 2.05) is 24.3 Å². The molecule has 32 heavy (non-hydrogen) atoms. The molecule has 1 heterocycles. The second kappa shape index (κ2) is 11.5. The number of benzene rings is 2. The highest BCUT2D eigenvalue weighted by atomic mass is 16.5. The highest BCUT2D eigenvalue weighted by molar-refractivity contribution is 5.77. The summed E-state index contributed by atoms with van der Waals surface area (Å²) < 4.78 is 10.5. The van der Waals surface area contributed by atoms with Crippen LogP contribution in [-0.2, 0) is 20.7 Å². The number of unbranched alkanes of at least 4 members (excludes halogenated alkanes) is 1. The molecule has 2 aromatic carbocycles. The molecule has 0 amide bonds. The minimum absolute atomic E-state index is 0.157. The summed E-state index contributed by atoms with van der Waals surface area (Å²) in [6, 6.07) is 16.6. The van der Waals surface area contributed by atoms with Gasteiger partial charge in [-0.3, -0.25) is 4.79 Å². The quantitative estimate of drug-likeness (QED) is 0.439. The lowest BCUT2D eigenvalue weighted by molar-refractivity contribution is -0.140. The van der Waals surface area contributed by atoms with E-state index in [-0.39, 0.29) is 5.97 Å². The van der Waals surface area contributed by atoms with Crippen molar-refractivity contribution in [1.29, 1.82) is 5.26 Å².